The smallest absolute Gasteiger partial charge is 0.279 e. The van der Waals surface area contributed by atoms with Crippen molar-refractivity contribution < 1.29 is 17.5 Å². The highest BCUT2D eigenvalue weighted by atomic mass is 32.2. The Balaban J connectivity index is 1.47. The monoisotopic (exact) mass is 424 g/mol. The molecule has 162 valence electrons. The first-order valence-corrected chi connectivity index (χ1v) is 12.6. The molecule has 1 aromatic rings. The van der Waals surface area contributed by atoms with E-state index in [0.717, 1.165) is 31.2 Å². The van der Waals surface area contributed by atoms with Crippen LogP contribution in [0.25, 0.3) is 0 Å². The van der Waals surface area contributed by atoms with E-state index >= 15 is 0 Å². The summed E-state index contributed by atoms with van der Waals surface area (Å²) in [6.45, 7) is 3.92. The van der Waals surface area contributed by atoms with Crippen molar-refractivity contribution in [2.45, 2.75) is 77.2 Å². The van der Waals surface area contributed by atoms with Crippen LogP contribution in [0.1, 0.15) is 81.8 Å². The van der Waals surface area contributed by atoms with Crippen LogP contribution >= 0.6 is 0 Å². The normalized spacial score (nSPS) is 22.3. The summed E-state index contributed by atoms with van der Waals surface area (Å²) in [4.78, 5) is 0. The number of hydrogen-bond donors (Lipinski definition) is 1. The highest BCUT2D eigenvalue weighted by molar-refractivity contribution is 7.87. The summed E-state index contributed by atoms with van der Waals surface area (Å²) < 4.78 is 49.4. The van der Waals surface area contributed by atoms with E-state index in [9.17, 15) is 12.8 Å². The van der Waals surface area contributed by atoms with E-state index < -0.39 is 16.0 Å². The number of hydrogen-bond acceptors (Lipinski definition) is 3. The molecule has 29 heavy (non-hydrogen) atoms. The quantitative estimate of drug-likeness (QED) is 0.636. The first kappa shape index (κ1) is 21.1. The first-order valence-electron chi connectivity index (χ1n) is 11.1. The third-order valence-electron chi connectivity index (χ3n) is 6.99. The molecule has 1 saturated heterocycles. The Bertz CT molecular complexity index is 829. The molecule has 2 saturated carbocycles. The highest BCUT2D eigenvalue weighted by Gasteiger charge is 2.33. The van der Waals surface area contributed by atoms with Gasteiger partial charge in [-0.2, -0.15) is 17.4 Å². The zero-order valence-corrected chi connectivity index (χ0v) is 18.2. The molecule has 0 spiro atoms. The molecule has 7 heteroatoms. The van der Waals surface area contributed by atoms with E-state index in [2.05, 4.69) is 11.6 Å². The van der Waals surface area contributed by atoms with Crippen molar-refractivity contribution in [1.82, 2.24) is 9.03 Å². The number of ether oxygens (including phenoxy) is 1. The molecule has 3 aliphatic rings. The highest BCUT2D eigenvalue weighted by Crippen LogP contribution is 2.46. The fourth-order valence-corrected chi connectivity index (χ4v) is 5.77. The maximum atomic E-state index is 14.8. The third kappa shape index (κ3) is 4.78. The van der Waals surface area contributed by atoms with Crippen molar-refractivity contribution in [3.63, 3.8) is 0 Å². The Labute approximate surface area is 174 Å². The molecule has 0 atom stereocenters. The molecule has 0 amide bonds. The Morgan fingerprint density at radius 2 is 1.90 bits per heavy atom. The van der Waals surface area contributed by atoms with Crippen LogP contribution in [0.15, 0.2) is 12.1 Å². The summed E-state index contributed by atoms with van der Waals surface area (Å²) in [7, 11) is -3.52. The zero-order valence-electron chi connectivity index (χ0n) is 17.4. The van der Waals surface area contributed by atoms with E-state index in [1.54, 1.807) is 0 Å². The fraction of sp³-hybridized carbons (Fsp3) is 0.727. The molecule has 1 N–H and O–H groups in total. The number of nitrogens with one attached hydrogen (secondary N) is 1. The SMILES string of the molecule is CCC1(COc2cc(F)c(CNS(=O)(=O)N3CCC3)cc2C2CC2)CCCCC1. The number of benzene rings is 1. The lowest BCUT2D eigenvalue weighted by molar-refractivity contribution is 0.0917. The topological polar surface area (TPSA) is 58.6 Å². The summed E-state index contributed by atoms with van der Waals surface area (Å²) in [5, 5.41) is 0. The van der Waals surface area contributed by atoms with Gasteiger partial charge in [-0.3, -0.25) is 0 Å². The lowest BCUT2D eigenvalue weighted by atomic mass is 9.73. The van der Waals surface area contributed by atoms with Gasteiger partial charge in [-0.05, 0) is 56.1 Å². The van der Waals surface area contributed by atoms with Crippen LogP contribution in [0.5, 0.6) is 5.75 Å². The van der Waals surface area contributed by atoms with Gasteiger partial charge in [0.25, 0.3) is 10.2 Å². The van der Waals surface area contributed by atoms with Gasteiger partial charge in [-0.15, -0.1) is 0 Å². The van der Waals surface area contributed by atoms with Crippen LogP contribution in [-0.2, 0) is 16.8 Å². The van der Waals surface area contributed by atoms with E-state index in [4.69, 9.17) is 4.74 Å². The second-order valence-electron chi connectivity index (χ2n) is 9.04. The summed E-state index contributed by atoms with van der Waals surface area (Å²) in [5.41, 5.74) is 1.64. The molecule has 0 bridgehead atoms. The summed E-state index contributed by atoms with van der Waals surface area (Å²) >= 11 is 0. The van der Waals surface area contributed by atoms with Crippen LogP contribution in [0, 0.1) is 11.2 Å². The van der Waals surface area contributed by atoms with Crippen molar-refractivity contribution in [2.75, 3.05) is 19.7 Å². The molecule has 4 rings (SSSR count). The van der Waals surface area contributed by atoms with Gasteiger partial charge >= 0.3 is 0 Å². The van der Waals surface area contributed by atoms with Crippen molar-refractivity contribution in [1.29, 1.82) is 0 Å². The molecular formula is C22H33FN2O3S. The van der Waals surface area contributed by atoms with Gasteiger partial charge in [0.05, 0.1) is 6.61 Å². The number of rotatable bonds is 9. The molecule has 0 aromatic heterocycles. The van der Waals surface area contributed by atoms with E-state index in [0.29, 0.717) is 36.9 Å². The van der Waals surface area contributed by atoms with Crippen molar-refractivity contribution in [2.24, 2.45) is 5.41 Å². The number of nitrogens with zero attached hydrogens (tertiary/aromatic N) is 1. The predicted octanol–water partition coefficient (Wildman–Crippen LogP) is 4.48. The molecule has 2 aliphatic carbocycles. The van der Waals surface area contributed by atoms with E-state index in [-0.39, 0.29) is 12.0 Å². The van der Waals surface area contributed by atoms with Gasteiger partial charge in [-0.1, -0.05) is 26.2 Å². The van der Waals surface area contributed by atoms with Gasteiger partial charge in [0.2, 0.25) is 0 Å². The molecule has 3 fully saturated rings. The minimum absolute atomic E-state index is 0.0242. The van der Waals surface area contributed by atoms with Gasteiger partial charge in [0.15, 0.2) is 0 Å². The molecular weight excluding hydrogens is 391 g/mol. The fourth-order valence-electron chi connectivity index (χ4n) is 4.51. The standard InChI is InChI=1S/C22H33FN2O3S/c1-2-22(9-4-3-5-10-22)16-28-21-14-20(23)18(13-19(21)17-7-8-17)15-24-29(26,27)25-11-6-12-25/h13-14,17,24H,2-12,15-16H2,1H3. The first-order chi connectivity index (χ1) is 13.9. The molecule has 1 heterocycles. The molecule has 5 nitrogen and oxygen atoms in total. The van der Waals surface area contributed by atoms with Crippen molar-refractivity contribution in [3.8, 4) is 5.75 Å². The second kappa shape index (κ2) is 8.52. The summed E-state index contributed by atoms with van der Waals surface area (Å²) in [6.07, 6.45) is 10.3. The minimum atomic E-state index is -3.52. The van der Waals surface area contributed by atoms with Gasteiger partial charge in [0.1, 0.15) is 11.6 Å². The average molecular weight is 425 g/mol. The van der Waals surface area contributed by atoms with E-state index in [1.165, 1.54) is 42.5 Å². The van der Waals surface area contributed by atoms with Crippen molar-refractivity contribution >= 4 is 10.2 Å². The second-order valence-corrected chi connectivity index (χ2v) is 10.8. The lowest BCUT2D eigenvalue weighted by Gasteiger charge is -2.36. The van der Waals surface area contributed by atoms with Crippen LogP contribution in [0.4, 0.5) is 4.39 Å². The predicted molar refractivity (Wildman–Crippen MR) is 112 cm³/mol. The zero-order chi connectivity index (χ0) is 20.5. The van der Waals surface area contributed by atoms with Crippen LogP contribution in [0.2, 0.25) is 0 Å². The summed E-state index contributed by atoms with van der Waals surface area (Å²) in [5.74, 6) is 0.655. The number of halogens is 1. The van der Waals surface area contributed by atoms with Crippen LogP contribution < -0.4 is 9.46 Å². The molecule has 1 aliphatic heterocycles. The Morgan fingerprint density at radius 1 is 1.17 bits per heavy atom. The molecule has 0 unspecified atom stereocenters. The Hall–Kier alpha value is -1.18. The Morgan fingerprint density at radius 3 is 2.48 bits per heavy atom. The van der Waals surface area contributed by atoms with Crippen LogP contribution in [-0.4, -0.2) is 32.4 Å². The average Bonchev–Trinajstić information content (AvgIpc) is 3.49. The molecule has 1 aromatic carbocycles. The van der Waals surface area contributed by atoms with Crippen molar-refractivity contribution in [3.05, 3.63) is 29.1 Å². The third-order valence-corrected chi connectivity index (χ3v) is 8.55. The maximum absolute atomic E-state index is 14.8. The van der Waals surface area contributed by atoms with Crippen LogP contribution in [0.3, 0.4) is 0 Å². The maximum Gasteiger partial charge on any atom is 0.279 e. The largest absolute Gasteiger partial charge is 0.493 e. The van der Waals surface area contributed by atoms with E-state index in [1.807, 2.05) is 6.07 Å². The Kier molecular flexibility index (Phi) is 6.19. The van der Waals surface area contributed by atoms with Gasteiger partial charge in [-0.25, -0.2) is 4.39 Å². The lowest BCUT2D eigenvalue weighted by Crippen LogP contribution is -2.47. The molecule has 0 radical (unpaired) electrons. The minimum Gasteiger partial charge on any atom is -0.493 e. The summed E-state index contributed by atoms with van der Waals surface area (Å²) in [6, 6.07) is 3.30. The van der Waals surface area contributed by atoms with Gasteiger partial charge in [0, 0.05) is 36.7 Å². The van der Waals surface area contributed by atoms with Gasteiger partial charge < -0.3 is 4.74 Å².